The lowest BCUT2D eigenvalue weighted by Crippen LogP contribution is -2.35. The highest BCUT2D eigenvalue weighted by Gasteiger charge is 2.41. The van der Waals surface area contributed by atoms with Crippen molar-refractivity contribution in [3.8, 4) is 5.75 Å². The van der Waals surface area contributed by atoms with Crippen LogP contribution in [0, 0.1) is 15.5 Å². The highest BCUT2D eigenvalue weighted by atomic mass is 16.6. The average molecular weight is 293 g/mol. The molecule has 1 aliphatic rings. The fraction of sp³-hybridized carbons (Fsp3) is 0.385. The summed E-state index contributed by atoms with van der Waals surface area (Å²) in [5.74, 6) is -0.270. The summed E-state index contributed by atoms with van der Waals surface area (Å²) in [5.41, 5.74) is -0.832. The second kappa shape index (κ2) is 5.39. The summed E-state index contributed by atoms with van der Waals surface area (Å²) in [4.78, 5) is 33.8. The fourth-order valence-electron chi connectivity index (χ4n) is 2.11. The molecule has 2 amide bonds. The normalized spacial score (nSPS) is 20.8. The number of amides is 2. The molecule has 1 saturated heterocycles. The zero-order valence-electron chi connectivity index (χ0n) is 11.6. The molecule has 1 unspecified atom stereocenters. The third kappa shape index (κ3) is 2.93. The molecular formula is C13H15N3O5. The van der Waals surface area contributed by atoms with Crippen LogP contribution in [0.4, 0.5) is 11.4 Å². The van der Waals surface area contributed by atoms with E-state index in [-0.39, 0.29) is 36.2 Å². The Morgan fingerprint density at radius 3 is 2.76 bits per heavy atom. The second-order valence-corrected chi connectivity index (χ2v) is 5.11. The Morgan fingerprint density at radius 1 is 1.52 bits per heavy atom. The Labute approximate surface area is 120 Å². The number of ether oxygens (including phenoxy) is 1. The Morgan fingerprint density at radius 2 is 2.24 bits per heavy atom. The molecule has 0 aliphatic carbocycles. The summed E-state index contributed by atoms with van der Waals surface area (Å²) in [6.45, 7) is 1.89. The number of hydrogen-bond donors (Lipinski definition) is 2. The molecule has 0 saturated carbocycles. The SMILES string of the molecule is COc1ccc([N+](=O)[O-])cc1NC(=O)C1(C)CNC(=O)C1. The maximum Gasteiger partial charge on any atom is 0.271 e. The highest BCUT2D eigenvalue weighted by molar-refractivity contribution is 6.00. The van der Waals surface area contributed by atoms with E-state index in [1.807, 2.05) is 0 Å². The minimum atomic E-state index is -0.882. The Hall–Kier alpha value is -2.64. The molecule has 2 rings (SSSR count). The van der Waals surface area contributed by atoms with Crippen LogP contribution in [0.2, 0.25) is 0 Å². The number of methoxy groups -OCH3 is 1. The summed E-state index contributed by atoms with van der Waals surface area (Å²) in [7, 11) is 1.40. The molecule has 8 nitrogen and oxygen atoms in total. The minimum Gasteiger partial charge on any atom is -0.495 e. The molecule has 1 atom stereocenters. The van der Waals surface area contributed by atoms with Crippen LogP contribution in [-0.4, -0.2) is 30.4 Å². The summed E-state index contributed by atoms with van der Waals surface area (Å²) in [5, 5.41) is 16.0. The van der Waals surface area contributed by atoms with Crippen molar-refractivity contribution in [2.75, 3.05) is 19.0 Å². The molecule has 112 valence electrons. The molecule has 21 heavy (non-hydrogen) atoms. The van der Waals surface area contributed by atoms with Crippen LogP contribution in [0.3, 0.4) is 0 Å². The van der Waals surface area contributed by atoms with E-state index in [0.717, 1.165) is 0 Å². The van der Waals surface area contributed by atoms with Gasteiger partial charge >= 0.3 is 0 Å². The average Bonchev–Trinajstić information content (AvgIpc) is 2.79. The third-order valence-electron chi connectivity index (χ3n) is 3.42. The highest BCUT2D eigenvalue weighted by Crippen LogP contribution is 2.32. The van der Waals surface area contributed by atoms with Crippen molar-refractivity contribution in [1.29, 1.82) is 0 Å². The third-order valence-corrected chi connectivity index (χ3v) is 3.42. The van der Waals surface area contributed by atoms with Crippen molar-refractivity contribution >= 4 is 23.2 Å². The van der Waals surface area contributed by atoms with E-state index in [0.29, 0.717) is 5.75 Å². The Kier molecular flexibility index (Phi) is 3.79. The minimum absolute atomic E-state index is 0.0794. The number of anilines is 1. The van der Waals surface area contributed by atoms with Crippen molar-refractivity contribution in [2.45, 2.75) is 13.3 Å². The predicted molar refractivity (Wildman–Crippen MR) is 74.0 cm³/mol. The van der Waals surface area contributed by atoms with Crippen LogP contribution in [0.5, 0.6) is 5.75 Å². The number of nitro groups is 1. The topological polar surface area (TPSA) is 111 Å². The van der Waals surface area contributed by atoms with Gasteiger partial charge in [-0.05, 0) is 13.0 Å². The maximum absolute atomic E-state index is 12.3. The zero-order chi connectivity index (χ0) is 15.6. The van der Waals surface area contributed by atoms with Gasteiger partial charge in [0.15, 0.2) is 0 Å². The van der Waals surface area contributed by atoms with E-state index >= 15 is 0 Å². The monoisotopic (exact) mass is 293 g/mol. The molecule has 0 radical (unpaired) electrons. The van der Waals surface area contributed by atoms with E-state index in [1.54, 1.807) is 6.92 Å². The van der Waals surface area contributed by atoms with Crippen LogP contribution in [0.25, 0.3) is 0 Å². The van der Waals surface area contributed by atoms with Crippen LogP contribution in [-0.2, 0) is 9.59 Å². The standard InChI is InChI=1S/C13H15N3O5/c1-13(6-11(17)14-7-13)12(18)15-9-5-8(16(19)20)3-4-10(9)21-2/h3-5H,6-7H2,1-2H3,(H,14,17)(H,15,18). The van der Waals surface area contributed by atoms with Crippen LogP contribution >= 0.6 is 0 Å². The van der Waals surface area contributed by atoms with Gasteiger partial charge in [-0.3, -0.25) is 19.7 Å². The molecule has 0 spiro atoms. The number of carbonyl (C=O) groups is 2. The Bertz CT molecular complexity index is 616. The molecule has 2 N–H and O–H groups in total. The first-order valence-electron chi connectivity index (χ1n) is 6.26. The van der Waals surface area contributed by atoms with E-state index < -0.39 is 10.3 Å². The summed E-state index contributed by atoms with van der Waals surface area (Å²) < 4.78 is 5.08. The molecule has 0 bridgehead atoms. The second-order valence-electron chi connectivity index (χ2n) is 5.11. The first kappa shape index (κ1) is 14.8. The fourth-order valence-corrected chi connectivity index (χ4v) is 2.11. The first-order valence-corrected chi connectivity index (χ1v) is 6.26. The van der Waals surface area contributed by atoms with Crippen molar-refractivity contribution in [3.63, 3.8) is 0 Å². The number of nitro benzene ring substituents is 1. The number of carbonyl (C=O) groups excluding carboxylic acids is 2. The number of benzene rings is 1. The van der Waals surface area contributed by atoms with Crippen LogP contribution in [0.15, 0.2) is 18.2 Å². The Balaban J connectivity index is 2.25. The molecule has 1 heterocycles. The zero-order valence-corrected chi connectivity index (χ0v) is 11.6. The maximum atomic E-state index is 12.3. The molecule has 1 aromatic rings. The lowest BCUT2D eigenvalue weighted by molar-refractivity contribution is -0.384. The largest absolute Gasteiger partial charge is 0.495 e. The number of nitrogens with zero attached hydrogens (tertiary/aromatic N) is 1. The van der Waals surface area contributed by atoms with Crippen molar-refractivity contribution in [3.05, 3.63) is 28.3 Å². The van der Waals surface area contributed by atoms with Gasteiger partial charge in [0.1, 0.15) is 5.75 Å². The molecular weight excluding hydrogens is 278 g/mol. The van der Waals surface area contributed by atoms with E-state index in [1.165, 1.54) is 25.3 Å². The smallest absolute Gasteiger partial charge is 0.271 e. The van der Waals surface area contributed by atoms with Crippen molar-refractivity contribution in [2.24, 2.45) is 5.41 Å². The van der Waals surface area contributed by atoms with E-state index in [9.17, 15) is 19.7 Å². The summed E-state index contributed by atoms with van der Waals surface area (Å²) in [6, 6.07) is 3.93. The molecule has 1 fully saturated rings. The summed E-state index contributed by atoms with van der Waals surface area (Å²) in [6.07, 6.45) is 0.0794. The van der Waals surface area contributed by atoms with Gasteiger partial charge < -0.3 is 15.4 Å². The van der Waals surface area contributed by atoms with Gasteiger partial charge in [-0.15, -0.1) is 0 Å². The van der Waals surface area contributed by atoms with Gasteiger partial charge in [0.2, 0.25) is 11.8 Å². The van der Waals surface area contributed by atoms with Crippen molar-refractivity contribution < 1.29 is 19.2 Å². The lowest BCUT2D eigenvalue weighted by atomic mass is 9.88. The number of non-ortho nitro benzene ring substituents is 1. The van der Waals surface area contributed by atoms with E-state index in [2.05, 4.69) is 10.6 Å². The van der Waals surface area contributed by atoms with Gasteiger partial charge in [-0.25, -0.2) is 0 Å². The first-order chi connectivity index (χ1) is 9.85. The molecule has 0 aromatic heterocycles. The van der Waals surface area contributed by atoms with Crippen molar-refractivity contribution in [1.82, 2.24) is 5.32 Å². The number of rotatable bonds is 4. The van der Waals surface area contributed by atoms with Gasteiger partial charge in [-0.1, -0.05) is 0 Å². The molecule has 1 aliphatic heterocycles. The van der Waals surface area contributed by atoms with Crippen LogP contribution < -0.4 is 15.4 Å². The summed E-state index contributed by atoms with van der Waals surface area (Å²) >= 11 is 0. The molecule has 8 heteroatoms. The number of hydrogen-bond acceptors (Lipinski definition) is 5. The van der Waals surface area contributed by atoms with Crippen LogP contribution in [0.1, 0.15) is 13.3 Å². The van der Waals surface area contributed by atoms with E-state index in [4.69, 9.17) is 4.74 Å². The van der Waals surface area contributed by atoms with Gasteiger partial charge in [-0.2, -0.15) is 0 Å². The van der Waals surface area contributed by atoms with Gasteiger partial charge in [0.25, 0.3) is 5.69 Å². The number of nitrogens with one attached hydrogen (secondary N) is 2. The van der Waals surface area contributed by atoms with Gasteiger partial charge in [0.05, 0.1) is 23.1 Å². The lowest BCUT2D eigenvalue weighted by Gasteiger charge is -2.21. The van der Waals surface area contributed by atoms with Gasteiger partial charge in [0, 0.05) is 25.1 Å². The molecule has 1 aromatic carbocycles. The quantitative estimate of drug-likeness (QED) is 0.637. The predicted octanol–water partition coefficient (Wildman–Crippen LogP) is 1.07.